The van der Waals surface area contributed by atoms with Gasteiger partial charge in [-0.1, -0.05) is 60.5 Å². The molecular weight excluding hydrogens is 553 g/mol. The van der Waals surface area contributed by atoms with Crippen LogP contribution < -0.4 is 10.1 Å². The third-order valence-corrected chi connectivity index (χ3v) is 7.30. The molecule has 0 bridgehead atoms. The summed E-state index contributed by atoms with van der Waals surface area (Å²) in [4.78, 5) is 12.9. The molecule has 4 aromatic rings. The van der Waals surface area contributed by atoms with Crippen LogP contribution in [0.15, 0.2) is 75.8 Å². The summed E-state index contributed by atoms with van der Waals surface area (Å²) in [5.74, 6) is -0.834. The van der Waals surface area contributed by atoms with Crippen molar-refractivity contribution in [2.45, 2.75) is 18.2 Å². The number of ether oxygens (including phenoxy) is 1. The first-order chi connectivity index (χ1) is 18.1. The second-order valence-electron chi connectivity index (χ2n) is 8.01. The number of amides is 1. The first-order valence-electron chi connectivity index (χ1n) is 11.2. The van der Waals surface area contributed by atoms with Crippen molar-refractivity contribution < 1.29 is 27.6 Å². The summed E-state index contributed by atoms with van der Waals surface area (Å²) in [5.41, 5.74) is 0.206. The van der Waals surface area contributed by atoms with Gasteiger partial charge in [-0.15, -0.1) is 10.2 Å². The minimum Gasteiger partial charge on any atom is -0.505 e. The minimum absolute atomic E-state index is 0.00318. The van der Waals surface area contributed by atoms with Crippen LogP contribution in [0.1, 0.15) is 22.8 Å². The summed E-state index contributed by atoms with van der Waals surface area (Å²) >= 11 is 12.5. The van der Waals surface area contributed by atoms with Crippen LogP contribution in [0.4, 0.5) is 17.1 Å². The quantitative estimate of drug-likeness (QED) is 0.156. The number of hydrogen-bond donors (Lipinski definition) is 3. The number of carbonyl (C=O) groups excluding carboxylic acids is 1. The van der Waals surface area contributed by atoms with Gasteiger partial charge in [0.25, 0.3) is 16.0 Å². The minimum atomic E-state index is -4.55. The molecule has 9 nitrogen and oxygen atoms in total. The number of halogens is 2. The number of carbonyl (C=O) groups is 1. The molecule has 196 valence electrons. The van der Waals surface area contributed by atoms with Crippen LogP contribution >= 0.6 is 23.2 Å². The molecule has 0 radical (unpaired) electrons. The van der Waals surface area contributed by atoms with Crippen LogP contribution in [0.3, 0.4) is 0 Å². The van der Waals surface area contributed by atoms with E-state index in [1.54, 1.807) is 49.4 Å². The zero-order valence-corrected chi connectivity index (χ0v) is 22.4. The summed E-state index contributed by atoms with van der Waals surface area (Å²) < 4.78 is 38.6. The van der Waals surface area contributed by atoms with Gasteiger partial charge in [0.2, 0.25) is 0 Å². The Morgan fingerprint density at radius 2 is 1.71 bits per heavy atom. The van der Waals surface area contributed by atoms with E-state index in [1.807, 2.05) is 0 Å². The average Bonchev–Trinajstić information content (AvgIpc) is 2.88. The standard InChI is InChI=1S/C26H21Cl2N3O6S/c1-3-15-21(38(34,35)36)12-11-19(28)22(15)30-31-23-16-8-5-4-7-14(16)13-17(25(23)32)26(33)29-24-18(27)9-6-10-20(24)37-2/h4-13,32H,3H2,1-2H3,(H,29,33)(H,34,35,36). The van der Waals surface area contributed by atoms with Crippen molar-refractivity contribution in [3.05, 3.63) is 81.8 Å². The van der Waals surface area contributed by atoms with Gasteiger partial charge < -0.3 is 15.2 Å². The van der Waals surface area contributed by atoms with Gasteiger partial charge in [-0.25, -0.2) is 0 Å². The molecule has 0 atom stereocenters. The Labute approximate surface area is 228 Å². The molecule has 0 aromatic heterocycles. The Morgan fingerprint density at radius 1 is 1.00 bits per heavy atom. The molecule has 0 spiro atoms. The van der Waals surface area contributed by atoms with Crippen LogP contribution in [-0.4, -0.2) is 31.1 Å². The second kappa shape index (κ2) is 11.0. The predicted molar refractivity (Wildman–Crippen MR) is 146 cm³/mol. The van der Waals surface area contributed by atoms with Gasteiger partial charge in [-0.3, -0.25) is 9.35 Å². The number of methoxy groups -OCH3 is 1. The summed E-state index contributed by atoms with van der Waals surface area (Å²) in [5, 5.41) is 23.5. The van der Waals surface area contributed by atoms with Crippen molar-refractivity contribution in [1.82, 2.24) is 0 Å². The number of hydrogen-bond acceptors (Lipinski definition) is 7. The summed E-state index contributed by atoms with van der Waals surface area (Å²) in [6, 6.07) is 15.7. The fraction of sp³-hybridized carbons (Fsp3) is 0.115. The number of rotatable bonds is 7. The maximum Gasteiger partial charge on any atom is 0.294 e. The van der Waals surface area contributed by atoms with Crippen LogP contribution in [0.2, 0.25) is 10.0 Å². The molecule has 3 N–H and O–H groups in total. The van der Waals surface area contributed by atoms with Gasteiger partial charge in [-0.05, 0) is 42.1 Å². The smallest absolute Gasteiger partial charge is 0.294 e. The zero-order chi connectivity index (χ0) is 27.6. The molecule has 0 aliphatic carbocycles. The van der Waals surface area contributed by atoms with Gasteiger partial charge in [0.1, 0.15) is 22.8 Å². The van der Waals surface area contributed by atoms with Crippen molar-refractivity contribution in [2.75, 3.05) is 12.4 Å². The highest BCUT2D eigenvalue weighted by molar-refractivity contribution is 7.85. The molecule has 0 heterocycles. The molecule has 4 aromatic carbocycles. The average molecular weight is 574 g/mol. The highest BCUT2D eigenvalue weighted by Gasteiger charge is 2.22. The normalized spacial score (nSPS) is 11.7. The lowest BCUT2D eigenvalue weighted by Gasteiger charge is -2.14. The number of phenolic OH excluding ortho intramolecular Hbond substituents is 1. The molecule has 0 saturated carbocycles. The van der Waals surface area contributed by atoms with Crippen molar-refractivity contribution in [3.8, 4) is 11.5 Å². The molecule has 0 aliphatic rings. The molecule has 0 aliphatic heterocycles. The van der Waals surface area contributed by atoms with E-state index in [-0.39, 0.29) is 49.6 Å². The van der Waals surface area contributed by atoms with Gasteiger partial charge >= 0.3 is 0 Å². The number of nitrogens with zero attached hydrogens (tertiary/aromatic N) is 2. The molecule has 0 fully saturated rings. The number of fused-ring (bicyclic) bond motifs is 1. The molecule has 0 saturated heterocycles. The van der Waals surface area contributed by atoms with E-state index < -0.39 is 21.8 Å². The summed E-state index contributed by atoms with van der Waals surface area (Å²) in [7, 11) is -3.12. The first kappa shape index (κ1) is 27.3. The van der Waals surface area contributed by atoms with E-state index >= 15 is 0 Å². The Hall–Kier alpha value is -3.70. The maximum atomic E-state index is 13.3. The molecule has 38 heavy (non-hydrogen) atoms. The topological polar surface area (TPSA) is 138 Å². The number of phenols is 1. The highest BCUT2D eigenvalue weighted by atomic mass is 35.5. The number of nitrogens with one attached hydrogen (secondary N) is 1. The summed E-state index contributed by atoms with van der Waals surface area (Å²) in [6.07, 6.45) is 0.166. The maximum absolute atomic E-state index is 13.3. The largest absolute Gasteiger partial charge is 0.505 e. The Morgan fingerprint density at radius 3 is 2.39 bits per heavy atom. The van der Waals surface area contributed by atoms with E-state index in [9.17, 15) is 22.9 Å². The Bertz CT molecular complexity index is 1710. The zero-order valence-electron chi connectivity index (χ0n) is 20.1. The fourth-order valence-electron chi connectivity index (χ4n) is 3.95. The second-order valence-corrected chi connectivity index (χ2v) is 10.2. The SMILES string of the molecule is CCc1c(S(=O)(=O)O)ccc(Cl)c1N=Nc1c(O)c(C(=O)Nc2c(Cl)cccc2OC)cc2ccccc12. The fourth-order valence-corrected chi connectivity index (χ4v) is 5.17. The molecule has 4 rings (SSSR count). The molecule has 12 heteroatoms. The van der Waals surface area contributed by atoms with Gasteiger partial charge in [0.05, 0.1) is 27.6 Å². The Kier molecular flexibility index (Phi) is 7.89. The van der Waals surface area contributed by atoms with Crippen molar-refractivity contribution in [1.29, 1.82) is 0 Å². The number of benzene rings is 4. The van der Waals surface area contributed by atoms with Crippen molar-refractivity contribution in [2.24, 2.45) is 10.2 Å². The Balaban J connectivity index is 1.87. The third-order valence-electron chi connectivity index (χ3n) is 5.75. The third kappa shape index (κ3) is 5.30. The number of anilines is 1. The predicted octanol–water partition coefficient (Wildman–Crippen LogP) is 7.34. The van der Waals surface area contributed by atoms with E-state index in [0.717, 1.165) is 0 Å². The van der Waals surface area contributed by atoms with Crippen LogP contribution in [-0.2, 0) is 16.5 Å². The lowest BCUT2D eigenvalue weighted by atomic mass is 10.0. The number of azo groups is 1. The van der Waals surface area contributed by atoms with Crippen LogP contribution in [0.5, 0.6) is 11.5 Å². The van der Waals surface area contributed by atoms with Crippen LogP contribution in [0.25, 0.3) is 10.8 Å². The van der Waals surface area contributed by atoms with E-state index in [4.69, 9.17) is 27.9 Å². The molecule has 0 unspecified atom stereocenters. The number of para-hydroxylation sites is 1. The van der Waals surface area contributed by atoms with Gasteiger partial charge in [0, 0.05) is 10.9 Å². The monoisotopic (exact) mass is 573 g/mol. The lowest BCUT2D eigenvalue weighted by molar-refractivity contribution is 0.102. The van der Waals surface area contributed by atoms with E-state index in [2.05, 4.69) is 15.5 Å². The van der Waals surface area contributed by atoms with Crippen molar-refractivity contribution >= 4 is 67.1 Å². The van der Waals surface area contributed by atoms with E-state index in [0.29, 0.717) is 16.5 Å². The van der Waals surface area contributed by atoms with Crippen LogP contribution in [0, 0.1) is 0 Å². The van der Waals surface area contributed by atoms with Gasteiger partial charge in [-0.2, -0.15) is 8.42 Å². The molecule has 1 amide bonds. The van der Waals surface area contributed by atoms with E-state index in [1.165, 1.54) is 25.3 Å². The number of aromatic hydroxyl groups is 1. The van der Waals surface area contributed by atoms with Gasteiger partial charge in [0.15, 0.2) is 5.75 Å². The summed E-state index contributed by atoms with van der Waals surface area (Å²) in [6.45, 7) is 1.67. The highest BCUT2D eigenvalue weighted by Crippen LogP contribution is 2.42. The van der Waals surface area contributed by atoms with Crippen molar-refractivity contribution in [3.63, 3.8) is 0 Å². The molecular formula is C26H21Cl2N3O6S. The first-order valence-corrected chi connectivity index (χ1v) is 13.4. The lowest BCUT2D eigenvalue weighted by Crippen LogP contribution is -2.13.